The van der Waals surface area contributed by atoms with Crippen molar-refractivity contribution in [2.75, 3.05) is 39.4 Å². The molecule has 0 aliphatic carbocycles. The Morgan fingerprint density at radius 3 is 2.60 bits per heavy atom. The number of nitriles is 1. The zero-order valence-electron chi connectivity index (χ0n) is 14.6. The Bertz CT molecular complexity index is 619. The highest BCUT2D eigenvalue weighted by Crippen LogP contribution is 2.29. The molecule has 2 saturated heterocycles. The molecule has 0 saturated carbocycles. The highest BCUT2D eigenvalue weighted by Gasteiger charge is 2.34. The van der Waals surface area contributed by atoms with Gasteiger partial charge >= 0.3 is 0 Å². The van der Waals surface area contributed by atoms with Crippen LogP contribution in [0.15, 0.2) is 24.3 Å². The van der Waals surface area contributed by atoms with Crippen molar-refractivity contribution < 1.29 is 9.53 Å². The molecule has 2 aliphatic rings. The van der Waals surface area contributed by atoms with Crippen molar-refractivity contribution in [3.8, 4) is 6.07 Å². The lowest BCUT2D eigenvalue weighted by molar-refractivity contribution is -0.125. The van der Waals surface area contributed by atoms with Crippen LogP contribution >= 0.6 is 0 Å². The second-order valence-corrected chi connectivity index (χ2v) is 6.84. The van der Waals surface area contributed by atoms with Crippen molar-refractivity contribution in [1.29, 1.82) is 5.26 Å². The molecule has 2 aliphatic heterocycles. The number of primary amides is 1. The fraction of sp³-hybridized carbons (Fsp3) is 0.579. The number of carbonyl (C=O) groups excluding carboxylic acids is 1. The van der Waals surface area contributed by atoms with E-state index in [4.69, 9.17) is 15.7 Å². The fourth-order valence-electron chi connectivity index (χ4n) is 3.90. The average Bonchev–Trinajstić information content (AvgIpc) is 2.64. The monoisotopic (exact) mass is 342 g/mol. The molecule has 25 heavy (non-hydrogen) atoms. The Balaban J connectivity index is 1.79. The third-order valence-electron chi connectivity index (χ3n) is 5.20. The molecule has 1 amide bonds. The summed E-state index contributed by atoms with van der Waals surface area (Å²) in [6.45, 7) is 5.28. The molecule has 2 fully saturated rings. The molecule has 0 aromatic heterocycles. The molecule has 2 N–H and O–H groups in total. The normalized spacial score (nSPS) is 23.7. The van der Waals surface area contributed by atoms with E-state index in [1.54, 1.807) is 12.1 Å². The van der Waals surface area contributed by atoms with Crippen LogP contribution in [0.1, 0.15) is 36.4 Å². The zero-order chi connectivity index (χ0) is 17.6. The number of hydrogen-bond donors (Lipinski definition) is 1. The van der Waals surface area contributed by atoms with Crippen LogP contribution in [0.2, 0.25) is 0 Å². The number of amides is 1. The maximum absolute atomic E-state index is 12.3. The van der Waals surface area contributed by atoms with Crippen LogP contribution in [-0.2, 0) is 9.53 Å². The molecule has 1 aromatic carbocycles. The van der Waals surface area contributed by atoms with Crippen LogP contribution in [0, 0.1) is 11.3 Å². The summed E-state index contributed by atoms with van der Waals surface area (Å²) in [4.78, 5) is 17.0. The standard InChI is InChI=1S/C19H26N4O2/c20-13-15-4-6-16(7-5-15)18(19(21)24)23-8-2-1-3-17(23)14-22-9-11-25-12-10-22/h4-7,17-18H,1-3,8-12,14H2,(H2,21,24)/t17-,18+/m0/s1. The second kappa shape index (κ2) is 8.43. The number of carbonyl (C=O) groups is 1. The highest BCUT2D eigenvalue weighted by atomic mass is 16.5. The summed E-state index contributed by atoms with van der Waals surface area (Å²) in [6, 6.07) is 9.23. The van der Waals surface area contributed by atoms with E-state index in [0.29, 0.717) is 11.6 Å². The number of rotatable bonds is 5. The van der Waals surface area contributed by atoms with Crippen LogP contribution in [-0.4, -0.2) is 61.1 Å². The molecule has 1 aromatic rings. The van der Waals surface area contributed by atoms with Gasteiger partial charge in [-0.3, -0.25) is 14.6 Å². The zero-order valence-corrected chi connectivity index (χ0v) is 14.6. The van der Waals surface area contributed by atoms with E-state index in [1.165, 1.54) is 6.42 Å². The van der Waals surface area contributed by atoms with Gasteiger partial charge in [-0.2, -0.15) is 5.26 Å². The third-order valence-corrected chi connectivity index (χ3v) is 5.20. The first-order valence-electron chi connectivity index (χ1n) is 9.04. The van der Waals surface area contributed by atoms with Gasteiger partial charge in [0.25, 0.3) is 0 Å². The van der Waals surface area contributed by atoms with E-state index in [-0.39, 0.29) is 5.91 Å². The second-order valence-electron chi connectivity index (χ2n) is 6.84. The van der Waals surface area contributed by atoms with Crippen molar-refractivity contribution in [2.24, 2.45) is 5.73 Å². The van der Waals surface area contributed by atoms with Gasteiger partial charge in [0.15, 0.2) is 0 Å². The fourth-order valence-corrected chi connectivity index (χ4v) is 3.90. The molecule has 3 rings (SSSR count). The van der Waals surface area contributed by atoms with Gasteiger partial charge in [0.1, 0.15) is 6.04 Å². The first-order valence-corrected chi connectivity index (χ1v) is 9.04. The molecule has 0 unspecified atom stereocenters. The predicted molar refractivity (Wildman–Crippen MR) is 94.7 cm³/mol. The van der Waals surface area contributed by atoms with Crippen molar-refractivity contribution in [2.45, 2.75) is 31.3 Å². The van der Waals surface area contributed by atoms with Crippen molar-refractivity contribution >= 4 is 5.91 Å². The van der Waals surface area contributed by atoms with Crippen LogP contribution in [0.5, 0.6) is 0 Å². The number of benzene rings is 1. The summed E-state index contributed by atoms with van der Waals surface area (Å²) in [5, 5.41) is 8.98. The van der Waals surface area contributed by atoms with Gasteiger partial charge in [0.05, 0.1) is 24.8 Å². The average molecular weight is 342 g/mol. The molecule has 0 spiro atoms. The number of piperidine rings is 1. The summed E-state index contributed by atoms with van der Waals surface area (Å²) in [5.74, 6) is -0.321. The molecule has 2 atom stereocenters. The van der Waals surface area contributed by atoms with Crippen molar-refractivity contribution in [3.63, 3.8) is 0 Å². The molecular weight excluding hydrogens is 316 g/mol. The highest BCUT2D eigenvalue weighted by molar-refractivity contribution is 5.81. The summed E-state index contributed by atoms with van der Waals surface area (Å²) in [7, 11) is 0. The molecule has 0 radical (unpaired) electrons. The minimum absolute atomic E-state index is 0.319. The maximum Gasteiger partial charge on any atom is 0.239 e. The number of morpholine rings is 1. The van der Waals surface area contributed by atoms with Crippen LogP contribution in [0.25, 0.3) is 0 Å². The Morgan fingerprint density at radius 2 is 1.96 bits per heavy atom. The predicted octanol–water partition coefficient (Wildman–Crippen LogP) is 1.27. The first kappa shape index (κ1) is 17.9. The molecule has 6 nitrogen and oxygen atoms in total. The Kier molecular flexibility index (Phi) is 6.03. The smallest absolute Gasteiger partial charge is 0.239 e. The first-order chi connectivity index (χ1) is 12.2. The minimum atomic E-state index is -0.431. The topological polar surface area (TPSA) is 82.6 Å². The largest absolute Gasteiger partial charge is 0.379 e. The quantitative estimate of drug-likeness (QED) is 0.871. The molecule has 2 heterocycles. The van der Waals surface area contributed by atoms with Gasteiger partial charge in [-0.05, 0) is 37.1 Å². The Labute approximate surface area is 149 Å². The maximum atomic E-state index is 12.3. The van der Waals surface area contributed by atoms with E-state index in [2.05, 4.69) is 15.9 Å². The van der Waals surface area contributed by atoms with Gasteiger partial charge < -0.3 is 10.5 Å². The molecular formula is C19H26N4O2. The Hall–Kier alpha value is -1.94. The van der Waals surface area contributed by atoms with E-state index in [1.807, 2.05) is 12.1 Å². The number of likely N-dealkylation sites (tertiary alicyclic amines) is 1. The number of nitrogens with two attached hydrogens (primary N) is 1. The molecule has 134 valence electrons. The van der Waals surface area contributed by atoms with Gasteiger partial charge in [-0.1, -0.05) is 18.6 Å². The lowest BCUT2D eigenvalue weighted by Crippen LogP contribution is -2.52. The number of ether oxygens (including phenoxy) is 1. The van der Waals surface area contributed by atoms with Gasteiger partial charge in [-0.15, -0.1) is 0 Å². The molecule has 6 heteroatoms. The summed E-state index contributed by atoms with van der Waals surface area (Å²) >= 11 is 0. The van der Waals surface area contributed by atoms with Crippen molar-refractivity contribution in [3.05, 3.63) is 35.4 Å². The molecule has 0 bridgehead atoms. The summed E-state index contributed by atoms with van der Waals surface area (Å²) in [6.07, 6.45) is 3.35. The Morgan fingerprint density at radius 1 is 1.24 bits per heavy atom. The van der Waals surface area contributed by atoms with Crippen LogP contribution in [0.4, 0.5) is 0 Å². The van der Waals surface area contributed by atoms with E-state index in [0.717, 1.165) is 57.8 Å². The lowest BCUT2D eigenvalue weighted by atomic mass is 9.95. The van der Waals surface area contributed by atoms with Gasteiger partial charge in [0, 0.05) is 25.7 Å². The van der Waals surface area contributed by atoms with E-state index < -0.39 is 6.04 Å². The SMILES string of the molecule is N#Cc1ccc([C@H](C(N)=O)N2CCCC[C@H]2CN2CCOCC2)cc1. The van der Waals surface area contributed by atoms with Crippen LogP contribution in [0.3, 0.4) is 0 Å². The van der Waals surface area contributed by atoms with Gasteiger partial charge in [0.2, 0.25) is 5.91 Å². The van der Waals surface area contributed by atoms with Gasteiger partial charge in [-0.25, -0.2) is 0 Å². The van der Waals surface area contributed by atoms with E-state index in [9.17, 15) is 4.79 Å². The lowest BCUT2D eigenvalue weighted by Gasteiger charge is -2.42. The minimum Gasteiger partial charge on any atom is -0.379 e. The third kappa shape index (κ3) is 4.37. The summed E-state index contributed by atoms with van der Waals surface area (Å²) < 4.78 is 5.44. The van der Waals surface area contributed by atoms with E-state index >= 15 is 0 Å². The summed E-state index contributed by atoms with van der Waals surface area (Å²) in [5.41, 5.74) is 7.25. The van der Waals surface area contributed by atoms with Crippen molar-refractivity contribution in [1.82, 2.24) is 9.80 Å². The van der Waals surface area contributed by atoms with Crippen LogP contribution < -0.4 is 5.73 Å². The number of hydrogen-bond acceptors (Lipinski definition) is 5. The number of nitrogens with zero attached hydrogens (tertiary/aromatic N) is 3.